The average Bonchev–Trinajstić information content (AvgIpc) is 2.34. The second-order valence-electron chi connectivity index (χ2n) is 4.71. The lowest BCUT2D eigenvalue weighted by Gasteiger charge is -2.20. The van der Waals surface area contributed by atoms with Crippen LogP contribution < -0.4 is 0 Å². The maximum absolute atomic E-state index is 12.1. The summed E-state index contributed by atoms with van der Waals surface area (Å²) < 4.78 is 0. The first-order valence-electron chi connectivity index (χ1n) is 6.49. The number of rotatable bonds is 6. The Kier molecular flexibility index (Phi) is 5.55. The summed E-state index contributed by atoms with van der Waals surface area (Å²) >= 11 is 0. The van der Waals surface area contributed by atoms with E-state index in [2.05, 4.69) is 0 Å². The molecule has 4 heteroatoms. The first-order valence-corrected chi connectivity index (χ1v) is 6.49. The Morgan fingerprint density at radius 1 is 1.21 bits per heavy atom. The zero-order chi connectivity index (χ0) is 14.4. The maximum atomic E-state index is 12.1. The SMILES string of the molecule is CCN(CCC(=O)O)C(=O)Cc1ccc(C)c(C)c1. The van der Waals surface area contributed by atoms with E-state index in [0.29, 0.717) is 13.0 Å². The highest BCUT2D eigenvalue weighted by Gasteiger charge is 2.13. The molecule has 0 fully saturated rings. The highest BCUT2D eigenvalue weighted by atomic mass is 16.4. The van der Waals surface area contributed by atoms with Gasteiger partial charge in [0.1, 0.15) is 0 Å². The summed E-state index contributed by atoms with van der Waals surface area (Å²) in [5, 5.41) is 8.66. The maximum Gasteiger partial charge on any atom is 0.305 e. The van der Waals surface area contributed by atoms with Crippen molar-refractivity contribution in [2.45, 2.75) is 33.6 Å². The summed E-state index contributed by atoms with van der Waals surface area (Å²) in [7, 11) is 0. The molecule has 0 unspecified atom stereocenters. The van der Waals surface area contributed by atoms with E-state index in [-0.39, 0.29) is 18.9 Å². The number of amides is 1. The van der Waals surface area contributed by atoms with Crippen LogP contribution in [0.3, 0.4) is 0 Å². The van der Waals surface area contributed by atoms with Crippen LogP contribution in [0.5, 0.6) is 0 Å². The van der Waals surface area contributed by atoms with Crippen molar-refractivity contribution < 1.29 is 14.7 Å². The number of benzene rings is 1. The average molecular weight is 263 g/mol. The van der Waals surface area contributed by atoms with Crippen LogP contribution in [0, 0.1) is 13.8 Å². The highest BCUT2D eigenvalue weighted by molar-refractivity contribution is 5.79. The Morgan fingerprint density at radius 2 is 1.89 bits per heavy atom. The van der Waals surface area contributed by atoms with Crippen molar-refractivity contribution in [3.05, 3.63) is 34.9 Å². The molecule has 4 nitrogen and oxygen atoms in total. The predicted octanol–water partition coefficient (Wildman–Crippen LogP) is 2.17. The molecule has 0 saturated heterocycles. The molecule has 0 aliphatic carbocycles. The number of carboxylic acid groups (broad SMARTS) is 1. The van der Waals surface area contributed by atoms with E-state index in [9.17, 15) is 9.59 Å². The molecule has 0 aliphatic rings. The van der Waals surface area contributed by atoms with Crippen LogP contribution in [-0.2, 0) is 16.0 Å². The van der Waals surface area contributed by atoms with Gasteiger partial charge < -0.3 is 10.0 Å². The smallest absolute Gasteiger partial charge is 0.305 e. The summed E-state index contributed by atoms with van der Waals surface area (Å²) in [6.07, 6.45) is 0.321. The molecule has 0 spiro atoms. The summed E-state index contributed by atoms with van der Waals surface area (Å²) in [4.78, 5) is 24.2. The van der Waals surface area contributed by atoms with Gasteiger partial charge in [-0.15, -0.1) is 0 Å². The Hall–Kier alpha value is -1.84. The van der Waals surface area contributed by atoms with Crippen molar-refractivity contribution in [1.82, 2.24) is 4.90 Å². The quantitative estimate of drug-likeness (QED) is 0.855. The second kappa shape index (κ2) is 6.92. The molecular weight excluding hydrogens is 242 g/mol. The third kappa shape index (κ3) is 4.73. The molecule has 0 radical (unpaired) electrons. The van der Waals surface area contributed by atoms with Gasteiger partial charge in [0, 0.05) is 13.1 Å². The normalized spacial score (nSPS) is 10.3. The largest absolute Gasteiger partial charge is 0.481 e. The molecule has 1 rings (SSSR count). The number of aryl methyl sites for hydroxylation is 2. The fraction of sp³-hybridized carbons (Fsp3) is 0.467. The van der Waals surface area contributed by atoms with E-state index < -0.39 is 5.97 Å². The van der Waals surface area contributed by atoms with Crippen LogP contribution in [0.2, 0.25) is 0 Å². The Balaban J connectivity index is 2.65. The van der Waals surface area contributed by atoms with E-state index in [1.54, 1.807) is 4.90 Å². The number of aliphatic carboxylic acids is 1. The molecule has 1 amide bonds. The van der Waals surface area contributed by atoms with Gasteiger partial charge in [-0.25, -0.2) is 0 Å². The lowest BCUT2D eigenvalue weighted by atomic mass is 10.0. The fourth-order valence-electron chi connectivity index (χ4n) is 1.89. The van der Waals surface area contributed by atoms with Gasteiger partial charge in [-0.2, -0.15) is 0 Å². The molecule has 0 atom stereocenters. The van der Waals surface area contributed by atoms with Gasteiger partial charge in [0.15, 0.2) is 0 Å². The number of nitrogens with zero attached hydrogens (tertiary/aromatic N) is 1. The molecule has 1 N–H and O–H groups in total. The standard InChI is InChI=1S/C15H21NO3/c1-4-16(8-7-15(18)19)14(17)10-13-6-5-11(2)12(3)9-13/h5-6,9H,4,7-8,10H2,1-3H3,(H,18,19). The first-order chi connectivity index (χ1) is 8.93. The van der Waals surface area contributed by atoms with Gasteiger partial charge in [0.05, 0.1) is 12.8 Å². The van der Waals surface area contributed by atoms with Gasteiger partial charge >= 0.3 is 5.97 Å². The number of hydrogen-bond donors (Lipinski definition) is 1. The van der Waals surface area contributed by atoms with Gasteiger partial charge in [-0.3, -0.25) is 9.59 Å². The number of carboxylic acids is 1. The third-order valence-electron chi connectivity index (χ3n) is 3.26. The fourth-order valence-corrected chi connectivity index (χ4v) is 1.89. The summed E-state index contributed by atoms with van der Waals surface area (Å²) in [5.41, 5.74) is 3.34. The van der Waals surface area contributed by atoms with E-state index in [1.807, 2.05) is 39.0 Å². The molecule has 0 aliphatic heterocycles. The molecule has 104 valence electrons. The van der Waals surface area contributed by atoms with Gasteiger partial charge in [-0.1, -0.05) is 18.2 Å². The minimum absolute atomic E-state index is 0.00743. The van der Waals surface area contributed by atoms with E-state index in [0.717, 1.165) is 5.56 Å². The number of likely N-dealkylation sites (N-methyl/N-ethyl adjacent to an activating group) is 1. The van der Waals surface area contributed by atoms with Crippen LogP contribution in [-0.4, -0.2) is 35.0 Å². The van der Waals surface area contributed by atoms with Crippen LogP contribution in [0.15, 0.2) is 18.2 Å². The monoisotopic (exact) mass is 263 g/mol. The molecule has 1 aromatic rings. The van der Waals surface area contributed by atoms with Crippen LogP contribution in [0.4, 0.5) is 0 Å². The van der Waals surface area contributed by atoms with Crippen molar-refractivity contribution in [2.75, 3.05) is 13.1 Å². The molecule has 0 bridgehead atoms. The topological polar surface area (TPSA) is 57.6 Å². The van der Waals surface area contributed by atoms with Crippen molar-refractivity contribution in [1.29, 1.82) is 0 Å². The molecule has 0 aromatic heterocycles. The van der Waals surface area contributed by atoms with Crippen LogP contribution >= 0.6 is 0 Å². The molecule has 0 saturated carbocycles. The molecule has 1 aromatic carbocycles. The van der Waals surface area contributed by atoms with Crippen molar-refractivity contribution in [2.24, 2.45) is 0 Å². The van der Waals surface area contributed by atoms with E-state index >= 15 is 0 Å². The summed E-state index contributed by atoms with van der Waals surface area (Å²) in [6.45, 7) is 6.73. The number of carbonyl (C=O) groups excluding carboxylic acids is 1. The number of hydrogen-bond acceptors (Lipinski definition) is 2. The van der Waals surface area contributed by atoms with E-state index in [1.165, 1.54) is 11.1 Å². The Labute approximate surface area is 114 Å². The van der Waals surface area contributed by atoms with Crippen LogP contribution in [0.1, 0.15) is 30.0 Å². The molecular formula is C15H21NO3. The van der Waals surface area contributed by atoms with Gasteiger partial charge in [-0.05, 0) is 37.5 Å². The summed E-state index contributed by atoms with van der Waals surface area (Å²) in [6, 6.07) is 5.97. The van der Waals surface area contributed by atoms with E-state index in [4.69, 9.17) is 5.11 Å². The third-order valence-corrected chi connectivity index (χ3v) is 3.26. The zero-order valence-corrected chi connectivity index (χ0v) is 11.8. The number of carbonyl (C=O) groups is 2. The van der Waals surface area contributed by atoms with Crippen molar-refractivity contribution in [3.63, 3.8) is 0 Å². The zero-order valence-electron chi connectivity index (χ0n) is 11.8. The highest BCUT2D eigenvalue weighted by Crippen LogP contribution is 2.11. The predicted molar refractivity (Wildman–Crippen MR) is 74.1 cm³/mol. The van der Waals surface area contributed by atoms with Crippen molar-refractivity contribution in [3.8, 4) is 0 Å². The van der Waals surface area contributed by atoms with Crippen LogP contribution in [0.25, 0.3) is 0 Å². The first kappa shape index (κ1) is 15.2. The van der Waals surface area contributed by atoms with Gasteiger partial charge in [0.2, 0.25) is 5.91 Å². The minimum atomic E-state index is -0.877. The minimum Gasteiger partial charge on any atom is -0.481 e. The lowest BCUT2D eigenvalue weighted by molar-refractivity contribution is -0.138. The molecule has 0 heterocycles. The Bertz CT molecular complexity index is 468. The second-order valence-corrected chi connectivity index (χ2v) is 4.71. The Morgan fingerprint density at radius 3 is 2.42 bits per heavy atom. The molecule has 19 heavy (non-hydrogen) atoms. The lowest BCUT2D eigenvalue weighted by Crippen LogP contribution is -2.34. The van der Waals surface area contributed by atoms with Gasteiger partial charge in [0.25, 0.3) is 0 Å². The summed E-state index contributed by atoms with van der Waals surface area (Å²) in [5.74, 6) is -0.899. The van der Waals surface area contributed by atoms with Crippen molar-refractivity contribution >= 4 is 11.9 Å².